The summed E-state index contributed by atoms with van der Waals surface area (Å²) in [6, 6.07) is 9.47. The number of hydrogen-bond donors (Lipinski definition) is 1. The average molecular weight is 288 g/mol. The molecule has 21 heavy (non-hydrogen) atoms. The molecule has 1 fully saturated rings. The largest absolute Gasteiger partial charge is 0.342 e. The number of carbonyl (C=O) groups is 2. The fourth-order valence-electron chi connectivity index (χ4n) is 2.64. The maximum atomic E-state index is 12.3. The van der Waals surface area contributed by atoms with E-state index in [9.17, 15) is 9.59 Å². The first kappa shape index (κ1) is 15.5. The quantitative estimate of drug-likeness (QED) is 0.926. The molecule has 1 N–H and O–H groups in total. The molecular weight excluding hydrogens is 264 g/mol. The Bertz CT molecular complexity index is 487. The smallest absolute Gasteiger partial charge is 0.229 e. The molecule has 0 spiro atoms. The average Bonchev–Trinajstić information content (AvgIpc) is 2.54. The molecular formula is C17H24N2O2. The summed E-state index contributed by atoms with van der Waals surface area (Å²) in [6.07, 6.45) is 2.59. The summed E-state index contributed by atoms with van der Waals surface area (Å²) < 4.78 is 0. The van der Waals surface area contributed by atoms with Crippen LogP contribution in [0.5, 0.6) is 0 Å². The molecule has 2 atom stereocenters. The number of benzene rings is 1. The van der Waals surface area contributed by atoms with Gasteiger partial charge in [0.1, 0.15) is 0 Å². The van der Waals surface area contributed by atoms with E-state index >= 15 is 0 Å². The van der Waals surface area contributed by atoms with Gasteiger partial charge in [0, 0.05) is 24.7 Å². The first-order chi connectivity index (χ1) is 10.1. The zero-order valence-electron chi connectivity index (χ0n) is 12.8. The van der Waals surface area contributed by atoms with Crippen molar-refractivity contribution in [3.63, 3.8) is 0 Å². The highest BCUT2D eigenvalue weighted by Gasteiger charge is 2.29. The Hall–Kier alpha value is -1.84. The van der Waals surface area contributed by atoms with Crippen LogP contribution in [0.3, 0.4) is 0 Å². The van der Waals surface area contributed by atoms with Crippen LogP contribution in [0.15, 0.2) is 30.3 Å². The van der Waals surface area contributed by atoms with E-state index in [-0.39, 0.29) is 23.7 Å². The molecule has 114 valence electrons. The van der Waals surface area contributed by atoms with Crippen molar-refractivity contribution in [3.8, 4) is 0 Å². The third-order valence-electron chi connectivity index (χ3n) is 4.18. The summed E-state index contributed by atoms with van der Waals surface area (Å²) in [7, 11) is 0. The Morgan fingerprint density at radius 1 is 1.33 bits per heavy atom. The van der Waals surface area contributed by atoms with Crippen LogP contribution in [-0.2, 0) is 9.59 Å². The Morgan fingerprint density at radius 2 is 2.05 bits per heavy atom. The van der Waals surface area contributed by atoms with E-state index in [2.05, 4.69) is 5.32 Å². The van der Waals surface area contributed by atoms with Gasteiger partial charge in [-0.2, -0.15) is 0 Å². The summed E-state index contributed by atoms with van der Waals surface area (Å²) in [4.78, 5) is 26.4. The number of likely N-dealkylation sites (tertiary alicyclic amines) is 1. The van der Waals surface area contributed by atoms with E-state index < -0.39 is 0 Å². The lowest BCUT2D eigenvalue weighted by Crippen LogP contribution is -2.45. The summed E-state index contributed by atoms with van der Waals surface area (Å²) in [6.45, 7) is 5.29. The molecule has 1 aliphatic heterocycles. The van der Waals surface area contributed by atoms with E-state index in [0.717, 1.165) is 31.5 Å². The van der Waals surface area contributed by atoms with Gasteiger partial charge < -0.3 is 10.2 Å². The van der Waals surface area contributed by atoms with E-state index in [1.165, 1.54) is 0 Å². The van der Waals surface area contributed by atoms with Crippen molar-refractivity contribution < 1.29 is 9.59 Å². The Morgan fingerprint density at radius 3 is 2.71 bits per heavy atom. The van der Waals surface area contributed by atoms with Crippen molar-refractivity contribution >= 4 is 17.5 Å². The molecule has 0 saturated carbocycles. The molecule has 1 aromatic carbocycles. The second kappa shape index (κ2) is 7.25. The zero-order valence-corrected chi connectivity index (χ0v) is 12.8. The van der Waals surface area contributed by atoms with Gasteiger partial charge >= 0.3 is 0 Å². The van der Waals surface area contributed by atoms with Gasteiger partial charge in [-0.3, -0.25) is 9.59 Å². The second-order valence-corrected chi connectivity index (χ2v) is 5.79. The maximum Gasteiger partial charge on any atom is 0.229 e. The molecule has 1 aliphatic rings. The lowest BCUT2D eigenvalue weighted by atomic mass is 9.95. The minimum atomic E-state index is -0.105. The third-order valence-corrected chi connectivity index (χ3v) is 4.18. The highest BCUT2D eigenvalue weighted by atomic mass is 16.2. The van der Waals surface area contributed by atoms with Crippen molar-refractivity contribution in [1.29, 1.82) is 0 Å². The molecule has 1 saturated heterocycles. The molecule has 4 heteroatoms. The first-order valence-electron chi connectivity index (χ1n) is 7.76. The van der Waals surface area contributed by atoms with E-state index in [1.54, 1.807) is 0 Å². The van der Waals surface area contributed by atoms with Crippen molar-refractivity contribution in [1.82, 2.24) is 4.90 Å². The van der Waals surface area contributed by atoms with Crippen LogP contribution in [0.1, 0.15) is 33.1 Å². The maximum absolute atomic E-state index is 12.3. The molecule has 0 aliphatic carbocycles. The Balaban J connectivity index is 1.94. The van der Waals surface area contributed by atoms with Crippen molar-refractivity contribution in [2.24, 2.45) is 11.8 Å². The fourth-order valence-corrected chi connectivity index (χ4v) is 2.64. The van der Waals surface area contributed by atoms with Crippen molar-refractivity contribution in [2.45, 2.75) is 33.1 Å². The van der Waals surface area contributed by atoms with E-state index in [0.29, 0.717) is 6.54 Å². The number of nitrogens with one attached hydrogen (secondary N) is 1. The van der Waals surface area contributed by atoms with Crippen LogP contribution < -0.4 is 5.32 Å². The zero-order chi connectivity index (χ0) is 15.2. The topological polar surface area (TPSA) is 49.4 Å². The lowest BCUT2D eigenvalue weighted by molar-refractivity contribution is -0.138. The molecule has 0 aromatic heterocycles. The summed E-state index contributed by atoms with van der Waals surface area (Å²) in [5.74, 6) is 0.130. The van der Waals surface area contributed by atoms with Crippen LogP contribution in [0.25, 0.3) is 0 Å². The minimum Gasteiger partial charge on any atom is -0.342 e. The number of carbonyl (C=O) groups excluding carboxylic acids is 2. The normalized spacial score (nSPS) is 19.9. The van der Waals surface area contributed by atoms with Gasteiger partial charge in [-0.1, -0.05) is 32.0 Å². The van der Waals surface area contributed by atoms with Crippen LogP contribution in [0.2, 0.25) is 0 Å². The Kier molecular flexibility index (Phi) is 5.37. The molecule has 2 amide bonds. The monoisotopic (exact) mass is 288 g/mol. The van der Waals surface area contributed by atoms with Gasteiger partial charge in [0.25, 0.3) is 0 Å². The standard InChI is InChI=1S/C17H24N2O2/c1-3-13(2)17(21)19-11-7-8-14(12-19)16(20)18-15-9-5-4-6-10-15/h4-6,9-10,13-14H,3,7-8,11-12H2,1-2H3,(H,18,20)/t13-,14+/m1/s1. The van der Waals surface area contributed by atoms with Crippen molar-refractivity contribution in [3.05, 3.63) is 30.3 Å². The highest BCUT2D eigenvalue weighted by Crippen LogP contribution is 2.21. The predicted molar refractivity (Wildman–Crippen MR) is 83.8 cm³/mol. The fraction of sp³-hybridized carbons (Fsp3) is 0.529. The molecule has 0 unspecified atom stereocenters. The molecule has 1 aromatic rings. The molecule has 1 heterocycles. The van der Waals surface area contributed by atoms with E-state index in [4.69, 9.17) is 0 Å². The summed E-state index contributed by atoms with van der Waals surface area (Å²) in [5, 5.41) is 2.94. The number of hydrogen-bond acceptors (Lipinski definition) is 2. The lowest BCUT2D eigenvalue weighted by Gasteiger charge is -2.33. The van der Waals surface area contributed by atoms with Crippen molar-refractivity contribution in [2.75, 3.05) is 18.4 Å². The first-order valence-corrected chi connectivity index (χ1v) is 7.76. The highest BCUT2D eigenvalue weighted by molar-refractivity contribution is 5.93. The number of amides is 2. The minimum absolute atomic E-state index is 0.0165. The predicted octanol–water partition coefficient (Wildman–Crippen LogP) is 2.91. The van der Waals surface area contributed by atoms with Crippen LogP contribution >= 0.6 is 0 Å². The molecule has 0 radical (unpaired) electrons. The second-order valence-electron chi connectivity index (χ2n) is 5.79. The number of anilines is 1. The number of nitrogens with zero attached hydrogens (tertiary/aromatic N) is 1. The molecule has 2 rings (SSSR count). The van der Waals surface area contributed by atoms with Gasteiger partial charge in [0.05, 0.1) is 5.92 Å². The van der Waals surface area contributed by atoms with Gasteiger partial charge in [0.15, 0.2) is 0 Å². The van der Waals surface area contributed by atoms with E-state index in [1.807, 2.05) is 49.1 Å². The van der Waals surface area contributed by atoms with Gasteiger partial charge in [-0.25, -0.2) is 0 Å². The number of piperidine rings is 1. The molecule has 0 bridgehead atoms. The van der Waals surface area contributed by atoms with Crippen LogP contribution in [0, 0.1) is 11.8 Å². The molecule has 4 nitrogen and oxygen atoms in total. The Labute approximate surface area is 126 Å². The third kappa shape index (κ3) is 4.06. The SMILES string of the molecule is CC[C@@H](C)C(=O)N1CCC[C@H](C(=O)Nc2ccccc2)C1. The summed E-state index contributed by atoms with van der Waals surface area (Å²) in [5.41, 5.74) is 0.813. The summed E-state index contributed by atoms with van der Waals surface area (Å²) >= 11 is 0. The van der Waals surface area contributed by atoms with Gasteiger partial charge in [0.2, 0.25) is 11.8 Å². The number of para-hydroxylation sites is 1. The van der Waals surface area contributed by atoms with Gasteiger partial charge in [-0.15, -0.1) is 0 Å². The number of rotatable bonds is 4. The van der Waals surface area contributed by atoms with Crippen LogP contribution in [0.4, 0.5) is 5.69 Å². The van der Waals surface area contributed by atoms with Crippen LogP contribution in [-0.4, -0.2) is 29.8 Å². The van der Waals surface area contributed by atoms with Gasteiger partial charge in [-0.05, 0) is 31.4 Å².